The second-order valence-corrected chi connectivity index (χ2v) is 6.31. The highest BCUT2D eigenvalue weighted by Crippen LogP contribution is 2.17. The van der Waals surface area contributed by atoms with Gasteiger partial charge in [0.15, 0.2) is 0 Å². The third-order valence-corrected chi connectivity index (χ3v) is 4.87. The molecule has 0 saturated carbocycles. The van der Waals surface area contributed by atoms with Gasteiger partial charge in [-0.2, -0.15) is 0 Å². The molecule has 1 fully saturated rings. The Bertz CT molecular complexity index is 700. The van der Waals surface area contributed by atoms with Crippen LogP contribution < -0.4 is 10.9 Å². The number of aryl methyl sites for hydroxylation is 1. The Balaban J connectivity index is 1.75. The Morgan fingerprint density at radius 1 is 1.22 bits per heavy atom. The summed E-state index contributed by atoms with van der Waals surface area (Å²) in [6.45, 7) is 3.35. The molecule has 0 unspecified atom stereocenters. The predicted molar refractivity (Wildman–Crippen MR) is 83.9 cm³/mol. The molecule has 1 N–H and O–H groups in total. The first kappa shape index (κ1) is 15.7. The van der Waals surface area contributed by atoms with Crippen LogP contribution in [0.3, 0.4) is 0 Å². The van der Waals surface area contributed by atoms with Gasteiger partial charge in [0.2, 0.25) is 11.8 Å². The van der Waals surface area contributed by atoms with Crippen molar-refractivity contribution in [1.82, 2.24) is 19.8 Å². The average Bonchev–Trinajstić information content (AvgIpc) is 2.75. The van der Waals surface area contributed by atoms with E-state index in [0.717, 1.165) is 11.3 Å². The van der Waals surface area contributed by atoms with Crippen LogP contribution in [0.4, 0.5) is 0 Å². The highest BCUT2D eigenvalue weighted by Gasteiger charge is 2.30. The number of nitrogens with zero attached hydrogens (tertiary/aromatic N) is 3. The van der Waals surface area contributed by atoms with Gasteiger partial charge < -0.3 is 10.2 Å². The molecule has 3 heterocycles. The summed E-state index contributed by atoms with van der Waals surface area (Å²) in [5, 5.41) is 2.76. The van der Waals surface area contributed by atoms with Gasteiger partial charge in [0.05, 0.1) is 11.6 Å². The van der Waals surface area contributed by atoms with E-state index in [0.29, 0.717) is 51.1 Å². The van der Waals surface area contributed by atoms with Gasteiger partial charge in [-0.25, -0.2) is 4.98 Å². The molecule has 3 rings (SSSR count). The van der Waals surface area contributed by atoms with E-state index in [1.54, 1.807) is 11.6 Å². The second-order valence-electron chi connectivity index (χ2n) is 6.31. The van der Waals surface area contributed by atoms with Crippen LogP contribution in [0.2, 0.25) is 0 Å². The minimum Gasteiger partial charge on any atom is -0.355 e. The van der Waals surface area contributed by atoms with Crippen LogP contribution in [0.25, 0.3) is 0 Å². The quantitative estimate of drug-likeness (QED) is 0.759. The summed E-state index contributed by atoms with van der Waals surface area (Å²) in [4.78, 5) is 42.6. The van der Waals surface area contributed by atoms with Crippen molar-refractivity contribution in [3.05, 3.63) is 27.4 Å². The number of carbonyl (C=O) groups is 2. The van der Waals surface area contributed by atoms with E-state index in [2.05, 4.69) is 10.3 Å². The van der Waals surface area contributed by atoms with Gasteiger partial charge in [0.1, 0.15) is 5.82 Å². The van der Waals surface area contributed by atoms with Gasteiger partial charge in [0, 0.05) is 45.1 Å². The van der Waals surface area contributed by atoms with Gasteiger partial charge >= 0.3 is 0 Å². The van der Waals surface area contributed by atoms with Crippen LogP contribution in [0.15, 0.2) is 4.79 Å². The summed E-state index contributed by atoms with van der Waals surface area (Å²) in [5.41, 5.74) is 1.54. The summed E-state index contributed by atoms with van der Waals surface area (Å²) >= 11 is 0. The molecule has 0 spiro atoms. The topological polar surface area (TPSA) is 84.3 Å². The zero-order valence-electron chi connectivity index (χ0n) is 13.6. The summed E-state index contributed by atoms with van der Waals surface area (Å²) in [7, 11) is 1.73. The minimum absolute atomic E-state index is 0.00766. The van der Waals surface area contributed by atoms with Crippen molar-refractivity contribution < 1.29 is 9.59 Å². The summed E-state index contributed by atoms with van der Waals surface area (Å²) in [5.74, 6) is 0.641. The van der Waals surface area contributed by atoms with Gasteiger partial charge in [-0.1, -0.05) is 0 Å². The predicted octanol–water partition coefficient (Wildman–Crippen LogP) is -0.458. The summed E-state index contributed by atoms with van der Waals surface area (Å²) < 4.78 is 1.56. The summed E-state index contributed by atoms with van der Waals surface area (Å²) in [6, 6.07) is 0. The number of rotatable bonds is 1. The van der Waals surface area contributed by atoms with E-state index in [9.17, 15) is 14.4 Å². The number of hydrogen-bond donors (Lipinski definition) is 1. The van der Waals surface area contributed by atoms with Gasteiger partial charge in [0.25, 0.3) is 5.56 Å². The third-order valence-electron chi connectivity index (χ3n) is 4.87. The van der Waals surface area contributed by atoms with E-state index in [1.165, 1.54) is 0 Å². The van der Waals surface area contributed by atoms with Crippen LogP contribution >= 0.6 is 0 Å². The lowest BCUT2D eigenvalue weighted by atomic mass is 9.97. The third kappa shape index (κ3) is 3.00. The molecule has 0 bridgehead atoms. The minimum atomic E-state index is -0.147. The Morgan fingerprint density at radius 3 is 2.65 bits per heavy atom. The molecule has 7 nitrogen and oxygen atoms in total. The molecular weight excluding hydrogens is 296 g/mol. The van der Waals surface area contributed by atoms with Gasteiger partial charge in [-0.05, 0) is 19.8 Å². The fourth-order valence-corrected chi connectivity index (χ4v) is 3.29. The molecule has 1 aromatic heterocycles. The van der Waals surface area contributed by atoms with Crippen molar-refractivity contribution in [1.29, 1.82) is 0 Å². The van der Waals surface area contributed by atoms with E-state index in [-0.39, 0.29) is 23.3 Å². The van der Waals surface area contributed by atoms with Crippen molar-refractivity contribution >= 4 is 11.8 Å². The monoisotopic (exact) mass is 318 g/mol. The van der Waals surface area contributed by atoms with Crippen LogP contribution in [0.5, 0.6) is 0 Å². The molecule has 0 radical (unpaired) electrons. The number of fused-ring (bicyclic) bond motifs is 1. The zero-order valence-corrected chi connectivity index (χ0v) is 13.6. The average molecular weight is 318 g/mol. The first-order valence-corrected chi connectivity index (χ1v) is 8.08. The lowest BCUT2D eigenvalue weighted by Crippen LogP contribution is -2.45. The molecule has 23 heavy (non-hydrogen) atoms. The van der Waals surface area contributed by atoms with E-state index >= 15 is 0 Å². The number of hydrogen-bond acceptors (Lipinski definition) is 4. The van der Waals surface area contributed by atoms with Crippen LogP contribution in [-0.4, -0.2) is 45.9 Å². The number of carbonyl (C=O) groups excluding carboxylic acids is 2. The lowest BCUT2D eigenvalue weighted by molar-refractivity contribution is -0.137. The van der Waals surface area contributed by atoms with Crippen molar-refractivity contribution in [2.24, 2.45) is 13.0 Å². The van der Waals surface area contributed by atoms with Crippen molar-refractivity contribution in [3.8, 4) is 0 Å². The molecule has 1 atom stereocenters. The maximum Gasteiger partial charge on any atom is 0.256 e. The molecule has 2 aliphatic heterocycles. The van der Waals surface area contributed by atoms with E-state index in [1.807, 2.05) is 11.8 Å². The second kappa shape index (κ2) is 6.14. The maximum absolute atomic E-state index is 12.7. The van der Waals surface area contributed by atoms with Crippen LogP contribution in [0, 0.1) is 12.8 Å². The van der Waals surface area contributed by atoms with Gasteiger partial charge in [-0.15, -0.1) is 0 Å². The molecule has 1 aromatic rings. The highest BCUT2D eigenvalue weighted by atomic mass is 16.2. The first-order valence-electron chi connectivity index (χ1n) is 8.08. The maximum atomic E-state index is 12.7. The zero-order chi connectivity index (χ0) is 16.6. The van der Waals surface area contributed by atoms with Gasteiger partial charge in [-0.3, -0.25) is 19.0 Å². The Hall–Kier alpha value is -2.18. The molecular formula is C16H22N4O3. The smallest absolute Gasteiger partial charge is 0.256 e. The molecule has 2 amide bonds. The number of amides is 2. The molecule has 7 heteroatoms. The molecule has 0 aliphatic carbocycles. The Labute approximate surface area is 134 Å². The molecule has 1 saturated heterocycles. The fraction of sp³-hybridized carbons (Fsp3) is 0.625. The highest BCUT2D eigenvalue weighted by molar-refractivity contribution is 5.83. The summed E-state index contributed by atoms with van der Waals surface area (Å²) in [6.07, 6.45) is 2.16. The normalized spacial score (nSPS) is 21.4. The van der Waals surface area contributed by atoms with Crippen molar-refractivity contribution in [2.45, 2.75) is 32.6 Å². The largest absolute Gasteiger partial charge is 0.355 e. The fourth-order valence-electron chi connectivity index (χ4n) is 3.29. The number of aromatic nitrogens is 2. The first-order chi connectivity index (χ1) is 11.0. The van der Waals surface area contributed by atoms with E-state index < -0.39 is 0 Å². The number of piperidine rings is 1. The SMILES string of the molecule is Cc1nc2c(c(=O)n1C)CCN(C(=O)[C@H]1CCC(=O)NC1)CC2. The lowest BCUT2D eigenvalue weighted by Gasteiger charge is -2.28. The molecule has 0 aromatic carbocycles. The standard InChI is InChI=1S/C16H22N4O3/c1-10-18-13-6-8-20(7-5-12(13)16(23)19(10)2)15(22)11-3-4-14(21)17-9-11/h11H,3-9H2,1-2H3,(H,17,21)/t11-/m0/s1. The molecule has 2 aliphatic rings. The Morgan fingerprint density at radius 2 is 1.96 bits per heavy atom. The van der Waals surface area contributed by atoms with Crippen molar-refractivity contribution in [2.75, 3.05) is 19.6 Å². The van der Waals surface area contributed by atoms with Crippen LogP contribution in [0.1, 0.15) is 29.9 Å². The Kier molecular flexibility index (Phi) is 4.19. The molecule has 124 valence electrons. The van der Waals surface area contributed by atoms with Crippen molar-refractivity contribution in [3.63, 3.8) is 0 Å². The number of nitrogens with one attached hydrogen (secondary N) is 1. The van der Waals surface area contributed by atoms with Crippen LogP contribution in [-0.2, 0) is 29.5 Å². The van der Waals surface area contributed by atoms with E-state index in [4.69, 9.17) is 0 Å².